The van der Waals surface area contributed by atoms with Crippen molar-refractivity contribution >= 4 is 5.97 Å². The minimum atomic E-state index is -1.56. The highest BCUT2D eigenvalue weighted by Gasteiger charge is 2.30. The van der Waals surface area contributed by atoms with E-state index in [1.54, 1.807) is 0 Å². The van der Waals surface area contributed by atoms with Gasteiger partial charge < -0.3 is 30.5 Å². The fourth-order valence-electron chi connectivity index (χ4n) is 1.87. The van der Waals surface area contributed by atoms with Gasteiger partial charge in [0.25, 0.3) is 0 Å². The first-order valence-corrected chi connectivity index (χ1v) is 6.61. The third kappa shape index (κ3) is 5.84. The van der Waals surface area contributed by atoms with Crippen LogP contribution in [0.2, 0.25) is 0 Å². The van der Waals surface area contributed by atoms with Crippen LogP contribution in [0, 0.1) is 0 Å². The van der Waals surface area contributed by atoms with E-state index < -0.39 is 37.0 Å². The first-order valence-electron chi connectivity index (χ1n) is 6.61. The van der Waals surface area contributed by atoms with Gasteiger partial charge in [0.2, 0.25) is 0 Å². The van der Waals surface area contributed by atoms with Crippen LogP contribution in [0.1, 0.15) is 25.7 Å². The monoisotopic (exact) mass is 277 g/mol. The van der Waals surface area contributed by atoms with E-state index in [0.717, 1.165) is 12.8 Å². The number of nitrogens with one attached hydrogen (secondary N) is 1. The number of rotatable bonds is 0. The van der Waals surface area contributed by atoms with Crippen molar-refractivity contribution in [1.82, 2.24) is 5.32 Å². The van der Waals surface area contributed by atoms with Crippen LogP contribution in [0.4, 0.5) is 0 Å². The molecule has 7 heteroatoms. The topological polar surface area (TPSA) is 119 Å². The van der Waals surface area contributed by atoms with E-state index in [-0.39, 0.29) is 13.0 Å². The Labute approximate surface area is 112 Å². The molecule has 112 valence electrons. The minimum absolute atomic E-state index is 0.130. The summed E-state index contributed by atoms with van der Waals surface area (Å²) in [4.78, 5) is 11.3. The lowest BCUT2D eigenvalue weighted by molar-refractivity contribution is -0.155. The van der Waals surface area contributed by atoms with E-state index in [2.05, 4.69) is 5.32 Å². The lowest BCUT2D eigenvalue weighted by Crippen LogP contribution is -2.49. The molecule has 0 radical (unpaired) electrons. The fraction of sp³-hybridized carbons (Fsp3) is 0.917. The zero-order valence-electron chi connectivity index (χ0n) is 10.9. The molecule has 0 aliphatic carbocycles. The summed E-state index contributed by atoms with van der Waals surface area (Å²) in [6.07, 6.45) is -3.00. The van der Waals surface area contributed by atoms with E-state index in [4.69, 9.17) is 4.74 Å². The van der Waals surface area contributed by atoms with Gasteiger partial charge in [-0.25, -0.2) is 0 Å². The highest BCUT2D eigenvalue weighted by molar-refractivity contribution is 5.69. The van der Waals surface area contributed by atoms with Crippen LogP contribution < -0.4 is 5.32 Å². The van der Waals surface area contributed by atoms with Gasteiger partial charge in [-0.05, 0) is 19.4 Å². The molecule has 7 nitrogen and oxygen atoms in total. The van der Waals surface area contributed by atoms with Crippen molar-refractivity contribution in [2.45, 2.75) is 50.1 Å². The van der Waals surface area contributed by atoms with Gasteiger partial charge in [-0.1, -0.05) is 6.42 Å². The number of hydrogen-bond donors (Lipinski definition) is 5. The van der Waals surface area contributed by atoms with Gasteiger partial charge in [-0.3, -0.25) is 4.79 Å². The van der Waals surface area contributed by atoms with Crippen LogP contribution in [0.3, 0.4) is 0 Å². The normalized spacial score (nSPS) is 36.3. The number of β-amino-alcohol motifs (C(OH)–C–C–N with tert-alkyl or cyclic N) is 1. The van der Waals surface area contributed by atoms with Gasteiger partial charge >= 0.3 is 5.97 Å². The van der Waals surface area contributed by atoms with Crippen molar-refractivity contribution in [1.29, 1.82) is 0 Å². The van der Waals surface area contributed by atoms with E-state index in [0.29, 0.717) is 13.0 Å². The van der Waals surface area contributed by atoms with E-state index >= 15 is 0 Å². The highest BCUT2D eigenvalue weighted by atomic mass is 16.5. The molecule has 0 aromatic rings. The number of aliphatic hydroxyl groups excluding tert-OH is 4. The Hall–Kier alpha value is -0.730. The van der Waals surface area contributed by atoms with Crippen molar-refractivity contribution in [3.05, 3.63) is 0 Å². The molecule has 19 heavy (non-hydrogen) atoms. The second kappa shape index (κ2) is 8.44. The van der Waals surface area contributed by atoms with E-state index in [1.807, 2.05) is 0 Å². The summed E-state index contributed by atoms with van der Waals surface area (Å²) >= 11 is 0. The standard InChI is InChI=1S/C12H23NO6/c14-8-6-13-5-3-1-2-4-10(16)19-7-9(15)12(18)11(8)17/h8-9,11-15,17-18H,1-7H2/t8-,9+,11-,12-/m1/s1. The van der Waals surface area contributed by atoms with Gasteiger partial charge in [0, 0.05) is 13.0 Å². The summed E-state index contributed by atoms with van der Waals surface area (Å²) in [7, 11) is 0. The lowest BCUT2D eigenvalue weighted by Gasteiger charge is -2.26. The minimum Gasteiger partial charge on any atom is -0.463 e. The zero-order valence-corrected chi connectivity index (χ0v) is 10.9. The average molecular weight is 277 g/mol. The molecule has 0 amide bonds. The summed E-state index contributed by atoms with van der Waals surface area (Å²) in [6, 6.07) is 0. The fourth-order valence-corrected chi connectivity index (χ4v) is 1.87. The van der Waals surface area contributed by atoms with E-state index in [1.165, 1.54) is 0 Å². The molecule has 1 aliphatic heterocycles. The molecule has 0 unspecified atom stereocenters. The van der Waals surface area contributed by atoms with Gasteiger partial charge in [-0.15, -0.1) is 0 Å². The van der Waals surface area contributed by atoms with Crippen LogP contribution in [-0.4, -0.2) is 70.5 Å². The number of cyclic esters (lactones) is 1. The second-order valence-electron chi connectivity index (χ2n) is 4.81. The third-order valence-corrected chi connectivity index (χ3v) is 3.14. The van der Waals surface area contributed by atoms with Crippen LogP contribution in [0.5, 0.6) is 0 Å². The smallest absolute Gasteiger partial charge is 0.305 e. The number of ether oxygens (including phenoxy) is 1. The van der Waals surface area contributed by atoms with Crippen LogP contribution in [0.25, 0.3) is 0 Å². The lowest BCUT2D eigenvalue weighted by atomic mass is 10.0. The number of hydrogen-bond acceptors (Lipinski definition) is 7. The maximum absolute atomic E-state index is 11.3. The number of carbonyl (C=O) groups excluding carboxylic acids is 1. The Morgan fingerprint density at radius 2 is 1.68 bits per heavy atom. The van der Waals surface area contributed by atoms with Crippen LogP contribution in [-0.2, 0) is 9.53 Å². The molecule has 0 bridgehead atoms. The van der Waals surface area contributed by atoms with Crippen molar-refractivity contribution in [2.24, 2.45) is 0 Å². The van der Waals surface area contributed by atoms with E-state index in [9.17, 15) is 25.2 Å². The van der Waals surface area contributed by atoms with Crippen molar-refractivity contribution in [2.75, 3.05) is 19.7 Å². The highest BCUT2D eigenvalue weighted by Crippen LogP contribution is 2.08. The summed E-state index contributed by atoms with van der Waals surface area (Å²) in [6.45, 7) is 0.388. The quantitative estimate of drug-likeness (QED) is 0.329. The maximum atomic E-state index is 11.3. The first kappa shape index (κ1) is 16.3. The largest absolute Gasteiger partial charge is 0.463 e. The Morgan fingerprint density at radius 1 is 1.00 bits per heavy atom. The third-order valence-electron chi connectivity index (χ3n) is 3.14. The molecular weight excluding hydrogens is 254 g/mol. The molecule has 0 spiro atoms. The number of esters is 1. The second-order valence-corrected chi connectivity index (χ2v) is 4.81. The SMILES string of the molecule is O=C1CCCCCNC[C@@H](O)[C@@H](O)[C@H](O)[C@@H](O)CO1. The van der Waals surface area contributed by atoms with Gasteiger partial charge in [0.05, 0.1) is 6.10 Å². The molecule has 1 rings (SSSR count). The molecule has 0 aromatic heterocycles. The first-order chi connectivity index (χ1) is 9.02. The Kier molecular flexibility index (Phi) is 7.25. The molecule has 4 atom stereocenters. The molecule has 1 heterocycles. The van der Waals surface area contributed by atoms with Crippen molar-refractivity contribution < 1.29 is 30.0 Å². The Balaban J connectivity index is 2.55. The number of carbonyl (C=O) groups is 1. The summed E-state index contributed by atoms with van der Waals surface area (Å²) in [5.74, 6) is -0.439. The zero-order chi connectivity index (χ0) is 14.3. The van der Waals surface area contributed by atoms with Gasteiger partial charge in [0.15, 0.2) is 0 Å². The van der Waals surface area contributed by atoms with Crippen LogP contribution >= 0.6 is 0 Å². The summed E-state index contributed by atoms with van der Waals surface area (Å²) in [5, 5.41) is 41.4. The molecule has 0 saturated carbocycles. The predicted molar refractivity (Wildman–Crippen MR) is 66.3 cm³/mol. The molecule has 1 fully saturated rings. The van der Waals surface area contributed by atoms with Crippen LogP contribution in [0.15, 0.2) is 0 Å². The molecule has 0 aromatic carbocycles. The van der Waals surface area contributed by atoms with Gasteiger partial charge in [0.1, 0.15) is 24.9 Å². The molecule has 5 N–H and O–H groups in total. The number of aliphatic hydroxyl groups is 4. The predicted octanol–water partition coefficient (Wildman–Crippen LogP) is -1.86. The average Bonchev–Trinajstić information content (AvgIpc) is 2.40. The summed E-state index contributed by atoms with van der Waals surface area (Å²) in [5.41, 5.74) is 0. The van der Waals surface area contributed by atoms with Gasteiger partial charge in [-0.2, -0.15) is 0 Å². The Morgan fingerprint density at radius 3 is 2.42 bits per heavy atom. The molecule has 1 saturated heterocycles. The summed E-state index contributed by atoms with van der Waals surface area (Å²) < 4.78 is 4.80. The Bertz CT molecular complexity index is 275. The molecular formula is C12H23NO6. The van der Waals surface area contributed by atoms with Crippen molar-refractivity contribution in [3.63, 3.8) is 0 Å². The molecule has 1 aliphatic rings. The maximum Gasteiger partial charge on any atom is 0.305 e. The van der Waals surface area contributed by atoms with Crippen molar-refractivity contribution in [3.8, 4) is 0 Å².